The molecule has 0 spiro atoms. The van der Waals surface area contributed by atoms with Crippen LogP contribution in [0.25, 0.3) is 0 Å². The van der Waals surface area contributed by atoms with Gasteiger partial charge in [0.25, 0.3) is 5.91 Å². The van der Waals surface area contributed by atoms with Gasteiger partial charge in [0.1, 0.15) is 12.1 Å². The van der Waals surface area contributed by atoms with E-state index in [1.54, 1.807) is 24.0 Å². The minimum Gasteiger partial charge on any atom is -0.493 e. The van der Waals surface area contributed by atoms with Gasteiger partial charge in [-0.3, -0.25) is 19.2 Å². The standard InChI is InChI=1S/C25H38N4O7/c1-15(2)21-24(32)26-10-8-12-29(11-7-9-20(30)27-16(3)23(31)28-21)25(33)17-13-18(34-4)22(36-6)19(14-17)35-5/h13-16,21H,7-12H2,1-6H3,(H,26,32)(H,27,30)(H,28,31)/t16-,21-/m1/s1. The Morgan fingerprint density at radius 1 is 0.944 bits per heavy atom. The molecule has 0 unspecified atom stereocenters. The van der Waals surface area contributed by atoms with Crippen molar-refractivity contribution in [2.24, 2.45) is 5.92 Å². The van der Waals surface area contributed by atoms with Gasteiger partial charge in [0.05, 0.1) is 21.3 Å². The zero-order valence-corrected chi connectivity index (χ0v) is 21.9. The van der Waals surface area contributed by atoms with Gasteiger partial charge in [-0.15, -0.1) is 0 Å². The lowest BCUT2D eigenvalue weighted by molar-refractivity contribution is -0.132. The Morgan fingerprint density at radius 3 is 2.11 bits per heavy atom. The lowest BCUT2D eigenvalue weighted by atomic mass is 10.0. The van der Waals surface area contributed by atoms with Gasteiger partial charge < -0.3 is 35.1 Å². The quantitative estimate of drug-likeness (QED) is 0.544. The number of nitrogens with zero attached hydrogens (tertiary/aromatic N) is 1. The monoisotopic (exact) mass is 506 g/mol. The Hall–Kier alpha value is -3.50. The van der Waals surface area contributed by atoms with E-state index >= 15 is 0 Å². The van der Waals surface area contributed by atoms with E-state index in [0.717, 1.165) is 0 Å². The van der Waals surface area contributed by atoms with E-state index in [0.29, 0.717) is 55.3 Å². The molecule has 11 nitrogen and oxygen atoms in total. The van der Waals surface area contributed by atoms with Gasteiger partial charge in [0.2, 0.25) is 23.5 Å². The Labute approximate surface area is 212 Å². The SMILES string of the molecule is COc1cc(C(=O)N2CCCNC(=O)[C@@H](C(C)C)NC(=O)[C@@H](C)NC(=O)CCC2)cc(OC)c1OC. The number of carbonyl (C=O) groups excluding carboxylic acids is 4. The highest BCUT2D eigenvalue weighted by Gasteiger charge is 2.27. The molecule has 200 valence electrons. The first kappa shape index (κ1) is 28.7. The van der Waals surface area contributed by atoms with E-state index in [2.05, 4.69) is 16.0 Å². The van der Waals surface area contributed by atoms with Crippen LogP contribution in [-0.4, -0.2) is 81.6 Å². The third kappa shape index (κ3) is 7.50. The van der Waals surface area contributed by atoms with E-state index in [-0.39, 0.29) is 30.1 Å². The predicted octanol–water partition coefficient (Wildman–Crippen LogP) is 1.10. The molecule has 1 heterocycles. The molecule has 1 aliphatic heterocycles. The Morgan fingerprint density at radius 2 is 1.56 bits per heavy atom. The molecule has 0 saturated carbocycles. The molecule has 4 amide bonds. The van der Waals surface area contributed by atoms with E-state index in [1.165, 1.54) is 21.3 Å². The topological polar surface area (TPSA) is 135 Å². The van der Waals surface area contributed by atoms with E-state index in [1.807, 2.05) is 13.8 Å². The normalized spacial score (nSPS) is 20.4. The second-order valence-electron chi connectivity index (χ2n) is 8.97. The fourth-order valence-electron chi connectivity index (χ4n) is 3.92. The number of hydrogen-bond donors (Lipinski definition) is 3. The van der Waals surface area contributed by atoms with Crippen LogP contribution in [-0.2, 0) is 14.4 Å². The van der Waals surface area contributed by atoms with Crippen molar-refractivity contribution in [1.82, 2.24) is 20.9 Å². The summed E-state index contributed by atoms with van der Waals surface area (Å²) in [6.45, 7) is 6.22. The lowest BCUT2D eigenvalue weighted by Crippen LogP contribution is -2.54. The summed E-state index contributed by atoms with van der Waals surface area (Å²) in [6, 6.07) is 1.63. The molecule has 2 atom stereocenters. The number of nitrogens with one attached hydrogen (secondary N) is 3. The van der Waals surface area contributed by atoms with Crippen LogP contribution < -0.4 is 30.2 Å². The summed E-state index contributed by atoms with van der Waals surface area (Å²) in [5.41, 5.74) is 0.346. The van der Waals surface area contributed by atoms with Gasteiger partial charge >= 0.3 is 0 Å². The summed E-state index contributed by atoms with van der Waals surface area (Å²) in [4.78, 5) is 52.7. The first-order valence-electron chi connectivity index (χ1n) is 12.1. The maximum absolute atomic E-state index is 13.4. The zero-order valence-electron chi connectivity index (χ0n) is 21.9. The molecule has 1 aromatic rings. The fourth-order valence-corrected chi connectivity index (χ4v) is 3.92. The Bertz CT molecular complexity index is 925. The Balaban J connectivity index is 2.27. The highest BCUT2D eigenvalue weighted by Crippen LogP contribution is 2.38. The molecule has 36 heavy (non-hydrogen) atoms. The molecular weight excluding hydrogens is 468 g/mol. The minimum atomic E-state index is -0.798. The number of carbonyl (C=O) groups is 4. The number of ether oxygens (including phenoxy) is 3. The number of methoxy groups -OCH3 is 3. The molecule has 0 aromatic heterocycles. The second kappa shape index (κ2) is 13.6. The van der Waals surface area contributed by atoms with Crippen LogP contribution in [0.5, 0.6) is 17.2 Å². The molecule has 1 aliphatic rings. The molecular formula is C25H38N4O7. The van der Waals surface area contributed by atoms with Gasteiger partial charge in [-0.05, 0) is 37.8 Å². The average molecular weight is 507 g/mol. The number of rotatable bonds is 5. The molecule has 1 saturated heterocycles. The number of amides is 4. The van der Waals surface area contributed by atoms with Crippen molar-refractivity contribution in [3.63, 3.8) is 0 Å². The maximum atomic E-state index is 13.4. The molecule has 1 aromatic carbocycles. The summed E-state index contributed by atoms with van der Waals surface area (Å²) >= 11 is 0. The summed E-state index contributed by atoms with van der Waals surface area (Å²) in [6.07, 6.45) is 1.03. The molecule has 11 heteroatoms. The van der Waals surface area contributed by atoms with Crippen LogP contribution in [0.3, 0.4) is 0 Å². The van der Waals surface area contributed by atoms with Crippen molar-refractivity contribution in [2.45, 2.75) is 52.1 Å². The lowest BCUT2D eigenvalue weighted by Gasteiger charge is -2.24. The summed E-state index contributed by atoms with van der Waals surface area (Å²) in [5, 5.41) is 8.22. The van der Waals surface area contributed by atoms with Crippen molar-refractivity contribution in [3.05, 3.63) is 17.7 Å². The van der Waals surface area contributed by atoms with E-state index in [9.17, 15) is 19.2 Å². The van der Waals surface area contributed by atoms with Gasteiger partial charge in [0, 0.05) is 31.6 Å². The Kier molecular flexibility index (Phi) is 10.8. The van der Waals surface area contributed by atoms with Gasteiger partial charge in [-0.2, -0.15) is 0 Å². The van der Waals surface area contributed by atoms with Gasteiger partial charge in [-0.1, -0.05) is 13.8 Å². The smallest absolute Gasteiger partial charge is 0.254 e. The second-order valence-corrected chi connectivity index (χ2v) is 8.97. The van der Waals surface area contributed by atoms with Gasteiger partial charge in [0.15, 0.2) is 11.5 Å². The van der Waals surface area contributed by atoms with Crippen molar-refractivity contribution in [1.29, 1.82) is 0 Å². The minimum absolute atomic E-state index is 0.140. The van der Waals surface area contributed by atoms with Crippen LogP contribution in [0, 0.1) is 5.92 Å². The van der Waals surface area contributed by atoms with Crippen LogP contribution in [0.1, 0.15) is 50.4 Å². The summed E-state index contributed by atoms with van der Waals surface area (Å²) < 4.78 is 16.1. The van der Waals surface area contributed by atoms with Crippen LogP contribution in [0.2, 0.25) is 0 Å². The summed E-state index contributed by atoms with van der Waals surface area (Å²) in [5.74, 6) is -0.364. The van der Waals surface area contributed by atoms with Crippen molar-refractivity contribution >= 4 is 23.6 Å². The molecule has 2 rings (SSSR count). The van der Waals surface area contributed by atoms with Crippen LogP contribution in [0.15, 0.2) is 12.1 Å². The van der Waals surface area contributed by atoms with E-state index < -0.39 is 18.0 Å². The fraction of sp³-hybridized carbons (Fsp3) is 0.600. The predicted molar refractivity (Wildman–Crippen MR) is 133 cm³/mol. The number of benzene rings is 1. The molecule has 1 fully saturated rings. The zero-order chi connectivity index (χ0) is 26.8. The van der Waals surface area contributed by atoms with Gasteiger partial charge in [-0.25, -0.2) is 0 Å². The van der Waals surface area contributed by atoms with Crippen molar-refractivity contribution < 1.29 is 33.4 Å². The average Bonchev–Trinajstić information content (AvgIpc) is 2.86. The van der Waals surface area contributed by atoms with Crippen LogP contribution in [0.4, 0.5) is 0 Å². The highest BCUT2D eigenvalue weighted by atomic mass is 16.5. The molecule has 3 N–H and O–H groups in total. The first-order valence-corrected chi connectivity index (χ1v) is 12.1. The molecule has 0 bridgehead atoms. The third-order valence-corrected chi connectivity index (χ3v) is 5.95. The number of hydrogen-bond acceptors (Lipinski definition) is 7. The van der Waals surface area contributed by atoms with Crippen LogP contribution >= 0.6 is 0 Å². The first-order chi connectivity index (χ1) is 17.1. The van der Waals surface area contributed by atoms with E-state index in [4.69, 9.17) is 14.2 Å². The molecule has 0 radical (unpaired) electrons. The third-order valence-electron chi connectivity index (χ3n) is 5.95. The maximum Gasteiger partial charge on any atom is 0.254 e. The van der Waals surface area contributed by atoms with Crippen molar-refractivity contribution in [2.75, 3.05) is 41.0 Å². The largest absolute Gasteiger partial charge is 0.493 e. The highest BCUT2D eigenvalue weighted by molar-refractivity contribution is 5.96. The molecule has 0 aliphatic carbocycles. The summed E-state index contributed by atoms with van der Waals surface area (Å²) in [7, 11) is 4.43. The van der Waals surface area contributed by atoms with Crippen molar-refractivity contribution in [3.8, 4) is 17.2 Å².